The highest BCUT2D eigenvalue weighted by atomic mass is 32.2. The normalized spacial score (nSPS) is 10.2. The van der Waals surface area contributed by atoms with Crippen LogP contribution >= 0.6 is 11.8 Å². The van der Waals surface area contributed by atoms with Gasteiger partial charge in [-0.25, -0.2) is 0 Å². The quantitative estimate of drug-likeness (QED) is 0.681. The second kappa shape index (κ2) is 10.4. The maximum atomic E-state index is 11.8. The fourth-order valence-corrected chi connectivity index (χ4v) is 2.80. The van der Waals surface area contributed by atoms with Crippen molar-refractivity contribution in [1.82, 2.24) is 15.6 Å². The Bertz CT molecular complexity index is 635. The number of carbonyl (C=O) groups is 2. The maximum Gasteiger partial charge on any atom is 0.230 e. The highest BCUT2D eigenvalue weighted by Crippen LogP contribution is 2.08. The van der Waals surface area contributed by atoms with E-state index in [1.165, 1.54) is 11.8 Å². The molecule has 0 bridgehead atoms. The smallest absolute Gasteiger partial charge is 0.230 e. The lowest BCUT2D eigenvalue weighted by Crippen LogP contribution is -2.36. The number of aromatic nitrogens is 1. The molecule has 0 fully saturated rings. The molecule has 1 heterocycles. The Morgan fingerprint density at radius 2 is 1.62 bits per heavy atom. The van der Waals surface area contributed by atoms with E-state index in [0.717, 1.165) is 11.3 Å². The third-order valence-corrected chi connectivity index (χ3v) is 4.15. The van der Waals surface area contributed by atoms with Gasteiger partial charge in [0.1, 0.15) is 0 Å². The molecule has 6 heteroatoms. The Morgan fingerprint density at radius 3 is 2.33 bits per heavy atom. The lowest BCUT2D eigenvalue weighted by atomic mass is 10.1. The van der Waals surface area contributed by atoms with Crippen molar-refractivity contribution in [3.8, 4) is 0 Å². The van der Waals surface area contributed by atoms with Crippen LogP contribution in [-0.4, -0.2) is 35.6 Å². The average molecular weight is 343 g/mol. The number of rotatable bonds is 9. The SMILES string of the molecule is O=C(CSCc1ccccn1)NCCNC(=O)Cc1ccccc1. The highest BCUT2D eigenvalue weighted by Gasteiger charge is 2.04. The number of nitrogens with one attached hydrogen (secondary N) is 2. The molecule has 0 aliphatic heterocycles. The van der Waals surface area contributed by atoms with Crippen molar-refractivity contribution in [2.24, 2.45) is 0 Å². The van der Waals surface area contributed by atoms with Crippen molar-refractivity contribution in [2.75, 3.05) is 18.8 Å². The molecule has 5 nitrogen and oxygen atoms in total. The van der Waals surface area contributed by atoms with Gasteiger partial charge in [-0.15, -0.1) is 11.8 Å². The molecule has 24 heavy (non-hydrogen) atoms. The molecule has 0 saturated heterocycles. The molecule has 1 aromatic heterocycles. The second-order valence-electron chi connectivity index (χ2n) is 5.18. The summed E-state index contributed by atoms with van der Waals surface area (Å²) in [5.41, 5.74) is 1.94. The molecule has 2 N–H and O–H groups in total. The van der Waals surface area contributed by atoms with Crippen molar-refractivity contribution < 1.29 is 9.59 Å². The number of amides is 2. The standard InChI is InChI=1S/C18H21N3O2S/c22-17(12-15-6-2-1-3-7-15)20-10-11-21-18(23)14-24-13-16-8-4-5-9-19-16/h1-9H,10-14H2,(H,20,22)(H,21,23). The molecule has 0 aliphatic rings. The van der Waals surface area contributed by atoms with Crippen LogP contribution < -0.4 is 10.6 Å². The highest BCUT2D eigenvalue weighted by molar-refractivity contribution is 7.99. The Labute approximate surface area is 146 Å². The summed E-state index contributed by atoms with van der Waals surface area (Å²) in [7, 11) is 0. The summed E-state index contributed by atoms with van der Waals surface area (Å²) in [4.78, 5) is 27.7. The summed E-state index contributed by atoms with van der Waals surface area (Å²) in [6.07, 6.45) is 2.10. The van der Waals surface area contributed by atoms with Crippen LogP contribution in [0.25, 0.3) is 0 Å². The van der Waals surface area contributed by atoms with Crippen LogP contribution in [0.3, 0.4) is 0 Å². The summed E-state index contributed by atoms with van der Waals surface area (Å²) < 4.78 is 0. The molecule has 0 radical (unpaired) electrons. The largest absolute Gasteiger partial charge is 0.354 e. The van der Waals surface area contributed by atoms with Gasteiger partial charge in [0, 0.05) is 25.0 Å². The predicted molar refractivity (Wildman–Crippen MR) is 96.6 cm³/mol. The van der Waals surface area contributed by atoms with Crippen molar-refractivity contribution in [3.63, 3.8) is 0 Å². The van der Waals surface area contributed by atoms with Gasteiger partial charge in [-0.1, -0.05) is 36.4 Å². The second-order valence-corrected chi connectivity index (χ2v) is 6.16. The average Bonchev–Trinajstić information content (AvgIpc) is 2.60. The van der Waals surface area contributed by atoms with E-state index < -0.39 is 0 Å². The van der Waals surface area contributed by atoms with Gasteiger partial charge in [0.2, 0.25) is 11.8 Å². The fraction of sp³-hybridized carbons (Fsp3) is 0.278. The summed E-state index contributed by atoms with van der Waals surface area (Å²) in [5, 5.41) is 5.59. The zero-order valence-electron chi connectivity index (χ0n) is 13.4. The third-order valence-electron chi connectivity index (χ3n) is 3.19. The molecule has 0 aliphatic carbocycles. The molecule has 2 rings (SSSR count). The van der Waals surface area contributed by atoms with Crippen LogP contribution in [0.1, 0.15) is 11.3 Å². The predicted octanol–water partition coefficient (Wildman–Crippen LogP) is 1.79. The minimum Gasteiger partial charge on any atom is -0.354 e. The van der Waals surface area contributed by atoms with Crippen LogP contribution in [0, 0.1) is 0 Å². The van der Waals surface area contributed by atoms with E-state index in [1.54, 1.807) is 6.20 Å². The van der Waals surface area contributed by atoms with E-state index in [0.29, 0.717) is 31.0 Å². The van der Waals surface area contributed by atoms with Crippen molar-refractivity contribution in [2.45, 2.75) is 12.2 Å². The monoisotopic (exact) mass is 343 g/mol. The van der Waals surface area contributed by atoms with Gasteiger partial charge in [0.15, 0.2) is 0 Å². The molecular formula is C18H21N3O2S. The van der Waals surface area contributed by atoms with Gasteiger partial charge >= 0.3 is 0 Å². The first kappa shape index (κ1) is 18.0. The minimum absolute atomic E-state index is 0.0340. The summed E-state index contributed by atoms with van der Waals surface area (Å²) >= 11 is 1.52. The van der Waals surface area contributed by atoms with Crippen LogP contribution in [0.15, 0.2) is 54.7 Å². The van der Waals surface area contributed by atoms with Crippen LogP contribution in [0.4, 0.5) is 0 Å². The van der Waals surface area contributed by atoms with E-state index in [4.69, 9.17) is 0 Å². The Morgan fingerprint density at radius 1 is 0.917 bits per heavy atom. The number of nitrogens with zero attached hydrogens (tertiary/aromatic N) is 1. The lowest BCUT2D eigenvalue weighted by Gasteiger charge is -2.07. The molecule has 126 valence electrons. The molecule has 2 amide bonds. The number of benzene rings is 1. The number of carbonyl (C=O) groups excluding carboxylic acids is 2. The summed E-state index contributed by atoms with van der Waals surface area (Å²) in [6.45, 7) is 0.867. The van der Waals surface area contributed by atoms with Gasteiger partial charge in [0.25, 0.3) is 0 Å². The van der Waals surface area contributed by atoms with E-state index in [9.17, 15) is 9.59 Å². The van der Waals surface area contributed by atoms with E-state index in [-0.39, 0.29) is 11.8 Å². The zero-order chi connectivity index (χ0) is 17.0. The Kier molecular flexibility index (Phi) is 7.83. The van der Waals surface area contributed by atoms with E-state index in [2.05, 4.69) is 15.6 Å². The first-order chi connectivity index (χ1) is 11.7. The van der Waals surface area contributed by atoms with Crippen LogP contribution in [-0.2, 0) is 21.8 Å². The Balaban J connectivity index is 1.52. The molecule has 0 spiro atoms. The first-order valence-electron chi connectivity index (χ1n) is 7.79. The van der Waals surface area contributed by atoms with Crippen molar-refractivity contribution in [3.05, 3.63) is 66.0 Å². The third kappa shape index (κ3) is 7.28. The number of hydrogen-bond donors (Lipinski definition) is 2. The molecule has 0 unspecified atom stereocenters. The first-order valence-corrected chi connectivity index (χ1v) is 8.94. The van der Waals surface area contributed by atoms with Gasteiger partial charge < -0.3 is 10.6 Å². The van der Waals surface area contributed by atoms with Gasteiger partial charge in [-0.05, 0) is 17.7 Å². The Hall–Kier alpha value is -2.34. The number of hydrogen-bond acceptors (Lipinski definition) is 4. The maximum absolute atomic E-state index is 11.8. The fourth-order valence-electron chi connectivity index (χ4n) is 2.03. The van der Waals surface area contributed by atoms with E-state index in [1.807, 2.05) is 48.5 Å². The van der Waals surface area contributed by atoms with Gasteiger partial charge in [-0.2, -0.15) is 0 Å². The van der Waals surface area contributed by atoms with Crippen molar-refractivity contribution >= 4 is 23.6 Å². The van der Waals surface area contributed by atoms with Crippen LogP contribution in [0.2, 0.25) is 0 Å². The molecule has 0 saturated carbocycles. The van der Waals surface area contributed by atoms with Gasteiger partial charge in [0.05, 0.1) is 17.9 Å². The number of pyridine rings is 1. The molecule has 0 atom stereocenters. The van der Waals surface area contributed by atoms with Gasteiger partial charge in [-0.3, -0.25) is 14.6 Å². The van der Waals surface area contributed by atoms with Crippen LogP contribution in [0.5, 0.6) is 0 Å². The molecule has 1 aromatic carbocycles. The zero-order valence-corrected chi connectivity index (χ0v) is 14.2. The summed E-state index contributed by atoms with van der Waals surface area (Å²) in [6, 6.07) is 15.3. The molecule has 2 aromatic rings. The lowest BCUT2D eigenvalue weighted by molar-refractivity contribution is -0.121. The minimum atomic E-state index is -0.0417. The molecular weight excluding hydrogens is 322 g/mol. The topological polar surface area (TPSA) is 71.1 Å². The van der Waals surface area contributed by atoms with Crippen molar-refractivity contribution in [1.29, 1.82) is 0 Å². The van der Waals surface area contributed by atoms with E-state index >= 15 is 0 Å². The summed E-state index contributed by atoms with van der Waals surface area (Å²) in [5.74, 6) is 1.02. The number of thioether (sulfide) groups is 1.